The van der Waals surface area contributed by atoms with E-state index in [0.717, 1.165) is 0 Å². The van der Waals surface area contributed by atoms with Crippen LogP contribution in [0.1, 0.15) is 26.7 Å². The van der Waals surface area contributed by atoms with Crippen LogP contribution in [0.15, 0.2) is 12.2 Å². The molecule has 4 heteroatoms. The Hall–Kier alpha value is -1.76. The third-order valence-electron chi connectivity index (χ3n) is 2.39. The van der Waals surface area contributed by atoms with Gasteiger partial charge in [0.15, 0.2) is 0 Å². The van der Waals surface area contributed by atoms with Gasteiger partial charge in [-0.15, -0.1) is 0 Å². The Labute approximate surface area is 101 Å². The smallest absolute Gasteiger partial charge is 0.384 e. The lowest BCUT2D eigenvalue weighted by Crippen LogP contribution is -2.27. The number of rotatable bonds is 3. The monoisotopic (exact) mass is 236 g/mol. The minimum Gasteiger partial charge on any atom is -0.466 e. The average Bonchev–Trinajstić information content (AvgIpc) is 2.30. The van der Waals surface area contributed by atoms with Crippen LogP contribution in [-0.2, 0) is 19.1 Å². The van der Waals surface area contributed by atoms with Crippen LogP contribution < -0.4 is 0 Å². The van der Waals surface area contributed by atoms with Crippen molar-refractivity contribution in [3.8, 4) is 11.8 Å². The molecule has 0 saturated heterocycles. The van der Waals surface area contributed by atoms with Crippen molar-refractivity contribution >= 4 is 11.9 Å². The molecule has 1 rings (SSSR count). The summed E-state index contributed by atoms with van der Waals surface area (Å²) in [6.45, 7) is 3.70. The van der Waals surface area contributed by atoms with Gasteiger partial charge >= 0.3 is 11.9 Å². The Kier molecular flexibility index (Phi) is 5.28. The summed E-state index contributed by atoms with van der Waals surface area (Å²) in [5.41, 5.74) is 0. The zero-order chi connectivity index (χ0) is 12.7. The van der Waals surface area contributed by atoms with E-state index in [1.807, 2.05) is 6.08 Å². The van der Waals surface area contributed by atoms with Crippen molar-refractivity contribution in [2.45, 2.75) is 32.8 Å². The van der Waals surface area contributed by atoms with Crippen molar-refractivity contribution in [2.24, 2.45) is 5.92 Å². The molecule has 0 unspecified atom stereocenters. The quantitative estimate of drug-likeness (QED) is 0.322. The van der Waals surface area contributed by atoms with Gasteiger partial charge in [0, 0.05) is 12.3 Å². The average molecular weight is 236 g/mol. The molecule has 92 valence electrons. The van der Waals surface area contributed by atoms with Gasteiger partial charge in [0.25, 0.3) is 0 Å². The Morgan fingerprint density at radius 2 is 2.24 bits per heavy atom. The van der Waals surface area contributed by atoms with E-state index >= 15 is 0 Å². The predicted octanol–water partition coefficient (Wildman–Crippen LogP) is 1.45. The number of carbonyl (C=O) groups is 2. The lowest BCUT2D eigenvalue weighted by atomic mass is 9.92. The van der Waals surface area contributed by atoms with Gasteiger partial charge in [0.05, 0.1) is 12.5 Å². The normalized spacial score (nSPS) is 22.2. The van der Waals surface area contributed by atoms with Crippen LogP contribution in [0.25, 0.3) is 0 Å². The van der Waals surface area contributed by atoms with Gasteiger partial charge in [-0.25, -0.2) is 4.79 Å². The fourth-order valence-corrected chi connectivity index (χ4v) is 1.66. The van der Waals surface area contributed by atoms with Crippen molar-refractivity contribution in [3.63, 3.8) is 0 Å². The number of hydrogen-bond acceptors (Lipinski definition) is 4. The van der Waals surface area contributed by atoms with Crippen LogP contribution in [0.2, 0.25) is 0 Å². The molecular formula is C13H16O4. The summed E-state index contributed by atoms with van der Waals surface area (Å²) in [5, 5.41) is 0. The highest BCUT2D eigenvalue weighted by atomic mass is 16.5. The van der Waals surface area contributed by atoms with Gasteiger partial charge < -0.3 is 9.47 Å². The summed E-state index contributed by atoms with van der Waals surface area (Å²) in [6, 6.07) is 0. The second kappa shape index (κ2) is 6.74. The van der Waals surface area contributed by atoms with Crippen LogP contribution in [-0.4, -0.2) is 24.6 Å². The molecule has 0 spiro atoms. The summed E-state index contributed by atoms with van der Waals surface area (Å²) in [6.07, 6.45) is 4.33. The minimum atomic E-state index is -0.563. The van der Waals surface area contributed by atoms with Crippen LogP contribution >= 0.6 is 0 Å². The second-order valence-corrected chi connectivity index (χ2v) is 3.67. The van der Waals surface area contributed by atoms with Gasteiger partial charge in [0.2, 0.25) is 0 Å². The summed E-state index contributed by atoms with van der Waals surface area (Å²) < 4.78 is 10.0. The number of esters is 2. The highest BCUT2D eigenvalue weighted by Crippen LogP contribution is 2.22. The summed E-state index contributed by atoms with van der Waals surface area (Å²) in [4.78, 5) is 22.7. The molecule has 1 aliphatic rings. The highest BCUT2D eigenvalue weighted by Gasteiger charge is 2.26. The maximum Gasteiger partial charge on any atom is 0.384 e. The first-order valence-corrected chi connectivity index (χ1v) is 5.64. The Morgan fingerprint density at radius 1 is 1.47 bits per heavy atom. The molecule has 0 radical (unpaired) electrons. The number of carbonyl (C=O) groups excluding carboxylic acids is 2. The largest absolute Gasteiger partial charge is 0.466 e. The summed E-state index contributed by atoms with van der Waals surface area (Å²) >= 11 is 0. The first-order chi connectivity index (χ1) is 8.17. The Balaban J connectivity index is 2.51. The van der Waals surface area contributed by atoms with Crippen LogP contribution in [0.4, 0.5) is 0 Å². The van der Waals surface area contributed by atoms with Crippen molar-refractivity contribution in [3.05, 3.63) is 12.2 Å². The molecule has 0 bridgehead atoms. The van der Waals surface area contributed by atoms with Gasteiger partial charge in [-0.05, 0) is 26.3 Å². The third-order valence-corrected chi connectivity index (χ3v) is 2.39. The van der Waals surface area contributed by atoms with E-state index in [1.165, 1.54) is 0 Å². The Bertz CT molecular complexity index is 373. The SMILES string of the molecule is CC#CC(=O)O[C@H]1C=CC[C@H](C(=O)OCC)C1. The van der Waals surface area contributed by atoms with E-state index in [9.17, 15) is 9.59 Å². The Morgan fingerprint density at radius 3 is 2.88 bits per heavy atom. The molecular weight excluding hydrogens is 220 g/mol. The number of allylic oxidation sites excluding steroid dienone is 1. The molecule has 17 heavy (non-hydrogen) atoms. The molecule has 2 atom stereocenters. The predicted molar refractivity (Wildman–Crippen MR) is 61.8 cm³/mol. The highest BCUT2D eigenvalue weighted by molar-refractivity contribution is 5.88. The van der Waals surface area contributed by atoms with Crippen LogP contribution in [0.5, 0.6) is 0 Å². The molecule has 4 nitrogen and oxygen atoms in total. The van der Waals surface area contributed by atoms with Crippen molar-refractivity contribution in [1.82, 2.24) is 0 Å². The van der Waals surface area contributed by atoms with Gasteiger partial charge in [0.1, 0.15) is 6.10 Å². The minimum absolute atomic E-state index is 0.229. The van der Waals surface area contributed by atoms with Gasteiger partial charge in [-0.2, -0.15) is 0 Å². The van der Waals surface area contributed by atoms with E-state index in [4.69, 9.17) is 9.47 Å². The van der Waals surface area contributed by atoms with E-state index < -0.39 is 5.97 Å². The van der Waals surface area contributed by atoms with Crippen molar-refractivity contribution < 1.29 is 19.1 Å². The summed E-state index contributed by atoms with van der Waals surface area (Å²) in [5.74, 6) is 3.74. The molecule has 0 saturated carbocycles. The molecule has 0 aromatic carbocycles. The fraction of sp³-hybridized carbons (Fsp3) is 0.538. The lowest BCUT2D eigenvalue weighted by Gasteiger charge is -2.22. The van der Waals surface area contributed by atoms with E-state index in [0.29, 0.717) is 19.4 Å². The maximum absolute atomic E-state index is 11.5. The standard InChI is InChI=1S/C13H16O4/c1-3-6-12(14)17-11-8-5-7-10(9-11)13(15)16-4-2/h5,8,10-11H,4,7,9H2,1-2H3/t10-,11-/m0/s1. The topological polar surface area (TPSA) is 52.6 Å². The van der Waals surface area contributed by atoms with Gasteiger partial charge in [-0.1, -0.05) is 12.0 Å². The van der Waals surface area contributed by atoms with Crippen molar-refractivity contribution in [2.75, 3.05) is 6.61 Å². The molecule has 0 fully saturated rings. The first kappa shape index (κ1) is 13.3. The lowest BCUT2D eigenvalue weighted by molar-refractivity contribution is -0.151. The van der Waals surface area contributed by atoms with Crippen LogP contribution in [0.3, 0.4) is 0 Å². The number of ether oxygens (including phenoxy) is 2. The zero-order valence-corrected chi connectivity index (χ0v) is 10.1. The number of hydrogen-bond donors (Lipinski definition) is 0. The zero-order valence-electron chi connectivity index (χ0n) is 10.1. The van der Waals surface area contributed by atoms with Gasteiger partial charge in [-0.3, -0.25) is 4.79 Å². The van der Waals surface area contributed by atoms with E-state index in [2.05, 4.69) is 11.8 Å². The van der Waals surface area contributed by atoms with E-state index in [-0.39, 0.29) is 18.0 Å². The fourth-order valence-electron chi connectivity index (χ4n) is 1.66. The second-order valence-electron chi connectivity index (χ2n) is 3.67. The molecule has 0 heterocycles. The molecule has 0 aromatic rings. The first-order valence-electron chi connectivity index (χ1n) is 5.64. The third kappa shape index (κ3) is 4.31. The molecule has 1 aliphatic carbocycles. The van der Waals surface area contributed by atoms with Crippen LogP contribution in [0, 0.1) is 17.8 Å². The molecule has 0 aliphatic heterocycles. The molecule has 0 amide bonds. The molecule has 0 N–H and O–H groups in total. The van der Waals surface area contributed by atoms with E-state index in [1.54, 1.807) is 19.9 Å². The maximum atomic E-state index is 11.5. The molecule has 0 aromatic heterocycles. The summed E-state index contributed by atoms with van der Waals surface area (Å²) in [7, 11) is 0. The van der Waals surface area contributed by atoms with Crippen molar-refractivity contribution in [1.29, 1.82) is 0 Å².